The number of carboxylic acids is 1. The van der Waals surface area contributed by atoms with Crippen molar-refractivity contribution in [3.8, 4) is 0 Å². The third kappa shape index (κ3) is 3.05. The molecule has 1 aromatic heterocycles. The summed E-state index contributed by atoms with van der Waals surface area (Å²) >= 11 is 0. The van der Waals surface area contributed by atoms with Gasteiger partial charge in [-0.25, -0.2) is 9.78 Å². The number of aromatic amines is 1. The zero-order valence-corrected chi connectivity index (χ0v) is 9.40. The number of aromatic carboxylic acids is 1. The summed E-state index contributed by atoms with van der Waals surface area (Å²) in [7, 11) is 0. The van der Waals surface area contributed by atoms with Gasteiger partial charge >= 0.3 is 5.97 Å². The van der Waals surface area contributed by atoms with E-state index in [1.807, 2.05) is 0 Å². The number of carboxylic acid groups (broad SMARTS) is 1. The lowest BCUT2D eigenvalue weighted by molar-refractivity contribution is 0.0685. The van der Waals surface area contributed by atoms with E-state index in [1.54, 1.807) is 0 Å². The summed E-state index contributed by atoms with van der Waals surface area (Å²) in [6.45, 7) is 0.571. The van der Waals surface area contributed by atoms with E-state index in [9.17, 15) is 9.59 Å². The average Bonchev–Trinajstić information content (AvgIpc) is 2.97. The molecule has 1 aliphatic carbocycles. The molecule has 6 nitrogen and oxygen atoms in total. The van der Waals surface area contributed by atoms with Gasteiger partial charge in [-0.1, -0.05) is 12.8 Å². The average molecular weight is 237 g/mol. The fraction of sp³-hybridized carbons (Fsp3) is 0.545. The number of aromatic nitrogens is 2. The number of nitrogens with one attached hydrogen (secondary N) is 2. The van der Waals surface area contributed by atoms with Crippen molar-refractivity contribution in [1.82, 2.24) is 15.3 Å². The number of amides is 1. The van der Waals surface area contributed by atoms with E-state index >= 15 is 0 Å². The van der Waals surface area contributed by atoms with Crippen LogP contribution in [0.4, 0.5) is 0 Å². The lowest BCUT2D eigenvalue weighted by Crippen LogP contribution is -2.26. The van der Waals surface area contributed by atoms with Crippen molar-refractivity contribution in [2.45, 2.75) is 25.7 Å². The van der Waals surface area contributed by atoms with Crippen LogP contribution in [0.25, 0.3) is 0 Å². The minimum absolute atomic E-state index is 0.0519. The van der Waals surface area contributed by atoms with Crippen LogP contribution in [0.15, 0.2) is 6.33 Å². The Morgan fingerprint density at radius 1 is 1.53 bits per heavy atom. The highest BCUT2D eigenvalue weighted by Crippen LogP contribution is 2.33. The molecule has 0 bridgehead atoms. The van der Waals surface area contributed by atoms with E-state index in [0.29, 0.717) is 6.54 Å². The topological polar surface area (TPSA) is 95.1 Å². The van der Waals surface area contributed by atoms with Gasteiger partial charge in [0.15, 0.2) is 11.4 Å². The Hall–Kier alpha value is -1.85. The van der Waals surface area contributed by atoms with E-state index < -0.39 is 11.9 Å². The molecular weight excluding hydrogens is 222 g/mol. The molecular formula is C11H15N3O3. The number of H-pyrrole nitrogens is 1. The van der Waals surface area contributed by atoms with Crippen LogP contribution in [0.5, 0.6) is 0 Å². The van der Waals surface area contributed by atoms with Gasteiger partial charge in [-0.2, -0.15) is 0 Å². The molecule has 92 valence electrons. The van der Waals surface area contributed by atoms with E-state index in [2.05, 4.69) is 15.3 Å². The van der Waals surface area contributed by atoms with Crippen LogP contribution >= 0.6 is 0 Å². The molecule has 1 heterocycles. The summed E-state index contributed by atoms with van der Waals surface area (Å²) in [6.07, 6.45) is 5.88. The lowest BCUT2D eigenvalue weighted by Gasteiger charge is -2.03. The smallest absolute Gasteiger partial charge is 0.354 e. The first-order valence-electron chi connectivity index (χ1n) is 5.73. The Morgan fingerprint density at radius 3 is 2.94 bits per heavy atom. The zero-order chi connectivity index (χ0) is 12.3. The number of imidazole rings is 1. The highest BCUT2D eigenvalue weighted by molar-refractivity contribution is 6.02. The molecule has 1 amide bonds. The van der Waals surface area contributed by atoms with Crippen molar-refractivity contribution in [3.63, 3.8) is 0 Å². The number of nitrogens with zero attached hydrogens (tertiary/aromatic N) is 1. The minimum atomic E-state index is -1.18. The van der Waals surface area contributed by atoms with Gasteiger partial charge in [0.1, 0.15) is 0 Å². The highest BCUT2D eigenvalue weighted by atomic mass is 16.4. The lowest BCUT2D eigenvalue weighted by atomic mass is 10.2. The van der Waals surface area contributed by atoms with Crippen LogP contribution in [0, 0.1) is 5.92 Å². The van der Waals surface area contributed by atoms with Crippen molar-refractivity contribution in [2.75, 3.05) is 6.54 Å². The van der Waals surface area contributed by atoms with E-state index in [1.165, 1.54) is 19.2 Å². The van der Waals surface area contributed by atoms with Crippen LogP contribution in [0.1, 0.15) is 46.7 Å². The monoisotopic (exact) mass is 237 g/mol. The van der Waals surface area contributed by atoms with Crippen LogP contribution < -0.4 is 5.32 Å². The van der Waals surface area contributed by atoms with Gasteiger partial charge in [0, 0.05) is 6.54 Å². The number of carbonyl (C=O) groups is 2. The molecule has 0 atom stereocenters. The Labute approximate surface area is 98.4 Å². The fourth-order valence-electron chi connectivity index (χ4n) is 1.71. The minimum Gasteiger partial charge on any atom is -0.477 e. The summed E-state index contributed by atoms with van der Waals surface area (Å²) in [5.41, 5.74) is -0.214. The van der Waals surface area contributed by atoms with E-state index in [4.69, 9.17) is 5.11 Å². The molecule has 0 unspecified atom stereocenters. The van der Waals surface area contributed by atoms with Gasteiger partial charge in [-0.05, 0) is 18.8 Å². The maximum Gasteiger partial charge on any atom is 0.354 e. The van der Waals surface area contributed by atoms with Crippen molar-refractivity contribution in [2.24, 2.45) is 5.92 Å². The van der Waals surface area contributed by atoms with Gasteiger partial charge in [-0.3, -0.25) is 4.79 Å². The van der Waals surface area contributed by atoms with Gasteiger partial charge < -0.3 is 15.4 Å². The predicted octanol–water partition coefficient (Wildman–Crippen LogP) is 1.03. The SMILES string of the molecule is O=C(NCCCC1CC1)c1nc[nH]c1C(=O)O. The molecule has 1 aliphatic rings. The Morgan fingerprint density at radius 2 is 2.29 bits per heavy atom. The second-order valence-corrected chi connectivity index (χ2v) is 4.27. The third-order valence-electron chi connectivity index (χ3n) is 2.84. The molecule has 17 heavy (non-hydrogen) atoms. The van der Waals surface area contributed by atoms with Crippen molar-refractivity contribution >= 4 is 11.9 Å². The molecule has 0 spiro atoms. The molecule has 0 aliphatic heterocycles. The molecule has 1 saturated carbocycles. The van der Waals surface area contributed by atoms with E-state index in [0.717, 1.165) is 18.8 Å². The van der Waals surface area contributed by atoms with Gasteiger partial charge in [0.25, 0.3) is 5.91 Å². The number of hydrogen-bond donors (Lipinski definition) is 3. The van der Waals surface area contributed by atoms with Crippen LogP contribution in [-0.4, -0.2) is 33.5 Å². The van der Waals surface area contributed by atoms with Crippen LogP contribution in [0.2, 0.25) is 0 Å². The standard InChI is InChI=1S/C11H15N3O3/c15-10(12-5-1-2-7-3-4-7)8-9(11(16)17)14-6-13-8/h6-7H,1-5H2,(H,12,15)(H,13,14)(H,16,17). The summed E-state index contributed by atoms with van der Waals surface area (Å²) in [4.78, 5) is 28.5. The number of carbonyl (C=O) groups excluding carboxylic acids is 1. The molecule has 3 N–H and O–H groups in total. The van der Waals surface area contributed by atoms with Gasteiger partial charge in [0.2, 0.25) is 0 Å². The second-order valence-electron chi connectivity index (χ2n) is 4.27. The van der Waals surface area contributed by atoms with Gasteiger partial charge in [-0.15, -0.1) is 0 Å². The Bertz CT molecular complexity index is 423. The molecule has 0 radical (unpaired) electrons. The largest absolute Gasteiger partial charge is 0.477 e. The molecule has 1 fully saturated rings. The fourth-order valence-corrected chi connectivity index (χ4v) is 1.71. The Balaban J connectivity index is 1.81. The summed E-state index contributed by atoms with van der Waals surface area (Å²) < 4.78 is 0. The second kappa shape index (κ2) is 4.99. The Kier molecular flexibility index (Phi) is 3.41. The van der Waals surface area contributed by atoms with Crippen LogP contribution in [-0.2, 0) is 0 Å². The van der Waals surface area contributed by atoms with Crippen molar-refractivity contribution in [3.05, 3.63) is 17.7 Å². The highest BCUT2D eigenvalue weighted by Gasteiger charge is 2.21. The third-order valence-corrected chi connectivity index (χ3v) is 2.84. The summed E-state index contributed by atoms with van der Waals surface area (Å²) in [6, 6.07) is 0. The first kappa shape index (κ1) is 11.6. The molecule has 0 aromatic carbocycles. The van der Waals surface area contributed by atoms with Crippen molar-refractivity contribution in [1.29, 1.82) is 0 Å². The maximum absolute atomic E-state index is 11.6. The van der Waals surface area contributed by atoms with E-state index in [-0.39, 0.29) is 11.4 Å². The molecule has 2 rings (SSSR count). The normalized spacial score (nSPS) is 14.6. The molecule has 6 heteroatoms. The molecule has 0 saturated heterocycles. The number of hydrogen-bond acceptors (Lipinski definition) is 3. The summed E-state index contributed by atoms with van der Waals surface area (Å²) in [5, 5.41) is 11.5. The summed E-state index contributed by atoms with van der Waals surface area (Å²) in [5.74, 6) is -0.767. The number of rotatable bonds is 6. The first-order chi connectivity index (χ1) is 8.18. The first-order valence-corrected chi connectivity index (χ1v) is 5.73. The molecule has 1 aromatic rings. The van der Waals surface area contributed by atoms with Crippen LogP contribution in [0.3, 0.4) is 0 Å². The predicted molar refractivity (Wildman–Crippen MR) is 59.8 cm³/mol. The quantitative estimate of drug-likeness (QED) is 0.644. The van der Waals surface area contributed by atoms with Gasteiger partial charge in [0.05, 0.1) is 6.33 Å². The van der Waals surface area contributed by atoms with Crippen molar-refractivity contribution < 1.29 is 14.7 Å². The maximum atomic E-state index is 11.6. The zero-order valence-electron chi connectivity index (χ0n) is 9.40.